The molecule has 0 bridgehead atoms. The van der Waals surface area contributed by atoms with E-state index in [9.17, 15) is 18.3 Å². The molecule has 4 rings (SSSR count). The van der Waals surface area contributed by atoms with Gasteiger partial charge in [-0.25, -0.2) is 8.42 Å². The Morgan fingerprint density at radius 2 is 1.82 bits per heavy atom. The summed E-state index contributed by atoms with van der Waals surface area (Å²) in [4.78, 5) is 13.6. The maximum Gasteiger partial charge on any atom is 0.320 e. The van der Waals surface area contributed by atoms with Gasteiger partial charge in [0.1, 0.15) is 17.7 Å². The average Bonchev–Trinajstić information content (AvgIpc) is 2.92. The van der Waals surface area contributed by atoms with Crippen LogP contribution in [-0.2, 0) is 14.8 Å². The Morgan fingerprint density at radius 1 is 1.10 bits per heavy atom. The Labute approximate surface area is 239 Å². The zero-order chi connectivity index (χ0) is 28.7. The standard InChI is InChI=1S/C29H31ClN4O5S/c30-26-19-24(11-12-27(26)39-25-13-16-33(17-14-25)23-9-2-1-3-10-23)34(40(37,38)20-28(35)36)15-5-7-21-6-4-8-22(18-21)29(31)32/h1-12,18-19,25H,13-17,20H2,(H3,31,32)(H,35,36)/b7-5+. The molecule has 1 aliphatic rings. The fourth-order valence-electron chi connectivity index (χ4n) is 4.50. The molecule has 0 atom stereocenters. The zero-order valence-corrected chi connectivity index (χ0v) is 23.3. The van der Waals surface area contributed by atoms with Gasteiger partial charge in [-0.1, -0.05) is 60.2 Å². The lowest BCUT2D eigenvalue weighted by Crippen LogP contribution is -2.38. The topological polar surface area (TPSA) is 137 Å². The van der Waals surface area contributed by atoms with Gasteiger partial charge < -0.3 is 20.5 Å². The summed E-state index contributed by atoms with van der Waals surface area (Å²) >= 11 is 6.53. The van der Waals surface area contributed by atoms with Crippen LogP contribution in [0.5, 0.6) is 5.75 Å². The Kier molecular flexibility index (Phi) is 9.34. The number of benzene rings is 3. The van der Waals surface area contributed by atoms with Crippen molar-refractivity contribution in [1.29, 1.82) is 5.41 Å². The highest BCUT2D eigenvalue weighted by Gasteiger charge is 2.26. The van der Waals surface area contributed by atoms with E-state index in [1.165, 1.54) is 11.8 Å². The molecule has 0 unspecified atom stereocenters. The van der Waals surface area contributed by atoms with Crippen LogP contribution in [-0.4, -0.2) is 56.8 Å². The summed E-state index contributed by atoms with van der Waals surface area (Å²) in [5.74, 6) is -2.18. The largest absolute Gasteiger partial charge is 0.489 e. The second-order valence-electron chi connectivity index (χ2n) is 9.38. The molecule has 0 spiro atoms. The number of nitrogens with two attached hydrogens (primary N) is 1. The summed E-state index contributed by atoms with van der Waals surface area (Å²) in [6.45, 7) is 1.55. The minimum atomic E-state index is -4.22. The van der Waals surface area contributed by atoms with Crippen molar-refractivity contribution in [2.45, 2.75) is 18.9 Å². The van der Waals surface area contributed by atoms with E-state index in [1.54, 1.807) is 48.6 Å². The summed E-state index contributed by atoms with van der Waals surface area (Å²) in [7, 11) is -4.22. The number of hydrogen-bond donors (Lipinski definition) is 3. The molecule has 9 nitrogen and oxygen atoms in total. The van der Waals surface area contributed by atoms with Gasteiger partial charge in [0.2, 0.25) is 10.0 Å². The van der Waals surface area contributed by atoms with Gasteiger partial charge in [-0.15, -0.1) is 0 Å². The third-order valence-corrected chi connectivity index (χ3v) is 8.42. The molecule has 3 aromatic carbocycles. The first-order valence-corrected chi connectivity index (χ1v) is 14.7. The molecule has 210 valence electrons. The Balaban J connectivity index is 1.48. The highest BCUT2D eigenvalue weighted by atomic mass is 35.5. The van der Waals surface area contributed by atoms with Crippen LogP contribution in [0.15, 0.2) is 78.9 Å². The molecule has 3 aromatic rings. The third kappa shape index (κ3) is 7.55. The first-order valence-electron chi connectivity index (χ1n) is 12.7. The molecule has 0 saturated carbocycles. The van der Waals surface area contributed by atoms with E-state index in [-0.39, 0.29) is 29.2 Å². The molecular weight excluding hydrogens is 552 g/mol. The summed E-state index contributed by atoms with van der Waals surface area (Å²) in [5.41, 5.74) is 8.18. The van der Waals surface area contributed by atoms with Gasteiger partial charge in [-0.3, -0.25) is 14.5 Å². The summed E-state index contributed by atoms with van der Waals surface area (Å²) in [6, 6.07) is 21.7. The fourth-order valence-corrected chi connectivity index (χ4v) is 5.93. The maximum atomic E-state index is 13.0. The molecule has 40 heavy (non-hydrogen) atoms. The fraction of sp³-hybridized carbons (Fsp3) is 0.241. The number of halogens is 1. The van der Waals surface area contributed by atoms with Gasteiger partial charge >= 0.3 is 5.97 Å². The van der Waals surface area contributed by atoms with Crippen LogP contribution in [0.2, 0.25) is 5.02 Å². The van der Waals surface area contributed by atoms with Crippen LogP contribution in [0.4, 0.5) is 11.4 Å². The van der Waals surface area contributed by atoms with E-state index >= 15 is 0 Å². The number of nitrogens with zero attached hydrogens (tertiary/aromatic N) is 2. The number of carboxylic acid groups (broad SMARTS) is 1. The highest BCUT2D eigenvalue weighted by molar-refractivity contribution is 7.93. The van der Waals surface area contributed by atoms with Crippen LogP contribution in [0.1, 0.15) is 24.0 Å². The number of carboxylic acids is 1. The van der Waals surface area contributed by atoms with Gasteiger partial charge in [0, 0.05) is 37.2 Å². The van der Waals surface area contributed by atoms with Crippen LogP contribution in [0, 0.1) is 5.41 Å². The lowest BCUT2D eigenvalue weighted by atomic mass is 10.1. The molecule has 11 heteroatoms. The lowest BCUT2D eigenvalue weighted by molar-refractivity contribution is -0.134. The van der Waals surface area contributed by atoms with Gasteiger partial charge in [-0.05, 0) is 42.0 Å². The summed E-state index contributed by atoms with van der Waals surface area (Å²) < 4.78 is 33.1. The van der Waals surface area contributed by atoms with E-state index in [0.29, 0.717) is 16.9 Å². The summed E-state index contributed by atoms with van der Waals surface area (Å²) in [5, 5.41) is 17.0. The van der Waals surface area contributed by atoms with Gasteiger partial charge in [-0.2, -0.15) is 0 Å². The minimum absolute atomic E-state index is 0.0381. The lowest BCUT2D eigenvalue weighted by Gasteiger charge is -2.34. The average molecular weight is 583 g/mol. The van der Waals surface area contributed by atoms with Crippen molar-refractivity contribution >= 4 is 50.9 Å². The Morgan fingerprint density at radius 3 is 2.48 bits per heavy atom. The number of rotatable bonds is 11. The summed E-state index contributed by atoms with van der Waals surface area (Å²) in [6.07, 6.45) is 4.85. The first-order chi connectivity index (χ1) is 19.1. The van der Waals surface area contributed by atoms with E-state index in [1.807, 2.05) is 18.2 Å². The van der Waals surface area contributed by atoms with Gasteiger partial charge in [0.15, 0.2) is 5.75 Å². The molecule has 1 heterocycles. The maximum absolute atomic E-state index is 13.0. The number of carbonyl (C=O) groups is 1. The van der Waals surface area contributed by atoms with Crippen molar-refractivity contribution in [3.63, 3.8) is 0 Å². The second kappa shape index (κ2) is 12.9. The minimum Gasteiger partial charge on any atom is -0.489 e. The molecule has 0 aliphatic carbocycles. The number of amidine groups is 1. The van der Waals surface area contributed by atoms with E-state index < -0.39 is 21.7 Å². The van der Waals surface area contributed by atoms with Crippen molar-refractivity contribution in [3.05, 3.63) is 95.0 Å². The number of hydrogen-bond acceptors (Lipinski definition) is 6. The van der Waals surface area contributed by atoms with Crippen molar-refractivity contribution in [1.82, 2.24) is 0 Å². The van der Waals surface area contributed by atoms with Gasteiger partial charge in [0.05, 0.1) is 17.3 Å². The molecule has 0 aromatic heterocycles. The molecule has 0 amide bonds. The quantitative estimate of drug-likeness (QED) is 0.222. The zero-order valence-electron chi connectivity index (χ0n) is 21.7. The number of nitrogens with one attached hydrogen (secondary N) is 1. The SMILES string of the molecule is N=C(N)c1cccc(/C=C/CN(c2ccc(OC3CCN(c4ccccc4)CC3)c(Cl)c2)S(=O)(=O)CC(=O)O)c1. The number of aliphatic carboxylic acids is 1. The number of nitrogen functional groups attached to an aromatic ring is 1. The van der Waals surface area contributed by atoms with Crippen molar-refractivity contribution in [2.24, 2.45) is 5.73 Å². The Bertz CT molecular complexity index is 1490. The number of piperidine rings is 1. The van der Waals surface area contributed by atoms with E-state index in [2.05, 4.69) is 17.0 Å². The smallest absolute Gasteiger partial charge is 0.320 e. The molecule has 0 radical (unpaired) electrons. The monoisotopic (exact) mass is 582 g/mol. The van der Waals surface area contributed by atoms with Crippen LogP contribution in [0.3, 0.4) is 0 Å². The molecule has 4 N–H and O–H groups in total. The number of ether oxygens (including phenoxy) is 1. The first kappa shape index (κ1) is 29.0. The molecular formula is C29H31ClN4O5S. The normalized spacial score (nSPS) is 14.3. The van der Waals surface area contributed by atoms with E-state index in [4.69, 9.17) is 27.5 Å². The van der Waals surface area contributed by atoms with E-state index in [0.717, 1.165) is 30.2 Å². The van der Waals surface area contributed by atoms with Crippen LogP contribution in [0.25, 0.3) is 6.08 Å². The van der Waals surface area contributed by atoms with Gasteiger partial charge in [0.25, 0.3) is 0 Å². The predicted molar refractivity (Wildman–Crippen MR) is 159 cm³/mol. The number of anilines is 2. The third-order valence-electron chi connectivity index (χ3n) is 6.48. The van der Waals surface area contributed by atoms with Crippen LogP contribution < -0.4 is 19.7 Å². The van der Waals surface area contributed by atoms with Crippen molar-refractivity contribution in [3.8, 4) is 5.75 Å². The number of sulfonamides is 1. The number of para-hydroxylation sites is 1. The van der Waals surface area contributed by atoms with Crippen LogP contribution >= 0.6 is 11.6 Å². The molecule has 1 saturated heterocycles. The molecule has 1 fully saturated rings. The molecule has 1 aliphatic heterocycles. The van der Waals surface area contributed by atoms with Crippen molar-refractivity contribution < 1.29 is 23.1 Å². The van der Waals surface area contributed by atoms with Crippen molar-refractivity contribution in [2.75, 3.05) is 34.6 Å². The highest BCUT2D eigenvalue weighted by Crippen LogP contribution is 2.33. The predicted octanol–water partition coefficient (Wildman–Crippen LogP) is 4.61. The second-order valence-corrected chi connectivity index (χ2v) is 11.7. The Hall–Kier alpha value is -4.02.